The maximum Gasteiger partial charge on any atom is 0.416 e. The van der Waals surface area contributed by atoms with Crippen molar-refractivity contribution in [3.8, 4) is 5.75 Å². The number of hydrogen-bond acceptors (Lipinski definition) is 3. The number of halogens is 3. The fourth-order valence-electron chi connectivity index (χ4n) is 2.24. The van der Waals surface area contributed by atoms with Gasteiger partial charge < -0.3 is 15.5 Å². The minimum Gasteiger partial charge on any atom is -0.508 e. The average molecular weight is 339 g/mol. The summed E-state index contributed by atoms with van der Waals surface area (Å²) in [5, 5.41) is 21.3. The second-order valence-electron chi connectivity index (χ2n) is 5.27. The van der Waals surface area contributed by atoms with Gasteiger partial charge in [0.05, 0.1) is 24.6 Å². The van der Waals surface area contributed by atoms with Crippen molar-refractivity contribution in [2.45, 2.75) is 18.6 Å². The molecular weight excluding hydrogens is 323 g/mol. The number of aliphatic hydroxyl groups excluding tert-OH is 1. The lowest BCUT2D eigenvalue weighted by Gasteiger charge is -2.17. The number of alkyl halides is 3. The third-order valence-electron chi connectivity index (χ3n) is 3.43. The molecule has 1 amide bonds. The molecule has 2 rings (SSSR count). The molecule has 0 saturated heterocycles. The highest BCUT2D eigenvalue weighted by molar-refractivity contribution is 5.79. The van der Waals surface area contributed by atoms with E-state index in [1.165, 1.54) is 24.3 Å². The molecule has 0 radical (unpaired) electrons. The maximum atomic E-state index is 12.5. The summed E-state index contributed by atoms with van der Waals surface area (Å²) in [4.78, 5) is 12.0. The van der Waals surface area contributed by atoms with Gasteiger partial charge in [-0.1, -0.05) is 24.3 Å². The number of carbonyl (C=O) groups excluding carboxylic acids is 1. The zero-order valence-corrected chi connectivity index (χ0v) is 12.5. The summed E-state index contributed by atoms with van der Waals surface area (Å²) >= 11 is 0. The second-order valence-corrected chi connectivity index (χ2v) is 5.27. The first-order valence-corrected chi connectivity index (χ1v) is 7.15. The summed E-state index contributed by atoms with van der Waals surface area (Å²) < 4.78 is 37.6. The maximum absolute atomic E-state index is 12.5. The molecular formula is C17H16F3NO3. The average Bonchev–Trinajstić information content (AvgIpc) is 2.52. The first-order valence-electron chi connectivity index (χ1n) is 7.15. The molecule has 0 aliphatic carbocycles. The predicted molar refractivity (Wildman–Crippen MR) is 81.2 cm³/mol. The van der Waals surface area contributed by atoms with Crippen LogP contribution in [0.15, 0.2) is 48.5 Å². The van der Waals surface area contributed by atoms with Crippen LogP contribution in [-0.2, 0) is 17.4 Å². The quantitative estimate of drug-likeness (QED) is 0.785. The van der Waals surface area contributed by atoms with E-state index >= 15 is 0 Å². The van der Waals surface area contributed by atoms with E-state index in [-0.39, 0.29) is 12.2 Å². The molecule has 7 heteroatoms. The number of aliphatic hydroxyl groups is 1. The molecule has 3 N–H and O–H groups in total. The third kappa shape index (κ3) is 4.73. The molecule has 0 bridgehead atoms. The Morgan fingerprint density at radius 2 is 1.79 bits per heavy atom. The number of phenols is 1. The van der Waals surface area contributed by atoms with Gasteiger partial charge in [0.15, 0.2) is 0 Å². The molecule has 24 heavy (non-hydrogen) atoms. The largest absolute Gasteiger partial charge is 0.508 e. The number of amides is 1. The summed E-state index contributed by atoms with van der Waals surface area (Å²) in [5.74, 6) is -0.388. The van der Waals surface area contributed by atoms with Crippen LogP contribution < -0.4 is 5.32 Å². The number of aromatic hydroxyl groups is 1. The summed E-state index contributed by atoms with van der Waals surface area (Å²) in [7, 11) is 0. The Balaban J connectivity index is 2.04. The molecule has 128 valence electrons. The van der Waals surface area contributed by atoms with Gasteiger partial charge in [0.1, 0.15) is 5.75 Å². The molecule has 0 aliphatic heterocycles. The topological polar surface area (TPSA) is 69.6 Å². The Bertz CT molecular complexity index is 699. The van der Waals surface area contributed by atoms with Crippen molar-refractivity contribution in [2.75, 3.05) is 6.61 Å². The number of rotatable bonds is 5. The Labute approximate surface area is 136 Å². The van der Waals surface area contributed by atoms with E-state index in [9.17, 15) is 28.2 Å². The van der Waals surface area contributed by atoms with Crippen molar-refractivity contribution in [3.63, 3.8) is 0 Å². The van der Waals surface area contributed by atoms with Gasteiger partial charge in [-0.3, -0.25) is 4.79 Å². The highest BCUT2D eigenvalue weighted by Crippen LogP contribution is 2.29. The van der Waals surface area contributed by atoms with Gasteiger partial charge in [-0.15, -0.1) is 0 Å². The highest BCUT2D eigenvalue weighted by atomic mass is 19.4. The van der Waals surface area contributed by atoms with Crippen molar-refractivity contribution in [1.82, 2.24) is 5.32 Å². The fourth-order valence-corrected chi connectivity index (χ4v) is 2.24. The van der Waals surface area contributed by atoms with Crippen LogP contribution in [0.1, 0.15) is 22.7 Å². The van der Waals surface area contributed by atoms with E-state index in [0.29, 0.717) is 11.1 Å². The van der Waals surface area contributed by atoms with Crippen molar-refractivity contribution in [3.05, 3.63) is 65.2 Å². The molecule has 1 atom stereocenters. The van der Waals surface area contributed by atoms with Gasteiger partial charge in [-0.25, -0.2) is 0 Å². The van der Waals surface area contributed by atoms with Gasteiger partial charge in [-0.05, 0) is 35.4 Å². The Morgan fingerprint density at radius 1 is 1.12 bits per heavy atom. The van der Waals surface area contributed by atoms with Crippen LogP contribution in [-0.4, -0.2) is 22.7 Å². The smallest absolute Gasteiger partial charge is 0.416 e. The molecule has 0 saturated carbocycles. The SMILES string of the molecule is O=C(Cc1cccc(O)c1)N[C@H](CO)c1ccc(C(F)(F)F)cc1. The van der Waals surface area contributed by atoms with E-state index in [2.05, 4.69) is 5.32 Å². The van der Waals surface area contributed by atoms with Crippen LogP contribution in [0.25, 0.3) is 0 Å². The number of hydrogen-bond donors (Lipinski definition) is 3. The Kier molecular flexibility index (Phi) is 5.46. The lowest BCUT2D eigenvalue weighted by molar-refractivity contribution is -0.137. The molecule has 0 spiro atoms. The second kappa shape index (κ2) is 7.35. The monoisotopic (exact) mass is 339 g/mol. The van der Waals surface area contributed by atoms with Crippen molar-refractivity contribution in [2.24, 2.45) is 0 Å². The highest BCUT2D eigenvalue weighted by Gasteiger charge is 2.30. The van der Waals surface area contributed by atoms with Gasteiger partial charge >= 0.3 is 6.18 Å². The van der Waals surface area contributed by atoms with Crippen LogP contribution in [0.2, 0.25) is 0 Å². The number of carbonyl (C=O) groups is 1. The summed E-state index contributed by atoms with van der Waals surface area (Å²) in [6, 6.07) is 9.60. The summed E-state index contributed by atoms with van der Waals surface area (Å²) in [6.45, 7) is -0.447. The number of nitrogens with one attached hydrogen (secondary N) is 1. The van der Waals surface area contributed by atoms with Crippen LogP contribution in [0.4, 0.5) is 13.2 Å². The number of benzene rings is 2. The predicted octanol–water partition coefficient (Wildman–Crippen LogP) is 2.80. The molecule has 0 aromatic heterocycles. The van der Waals surface area contributed by atoms with E-state index in [1.807, 2.05) is 0 Å². The lowest BCUT2D eigenvalue weighted by Crippen LogP contribution is -2.32. The van der Waals surface area contributed by atoms with Crippen molar-refractivity contribution in [1.29, 1.82) is 0 Å². The first-order chi connectivity index (χ1) is 11.3. The van der Waals surface area contributed by atoms with Gasteiger partial charge in [0.2, 0.25) is 5.91 Å². The van der Waals surface area contributed by atoms with E-state index in [4.69, 9.17) is 0 Å². The van der Waals surface area contributed by atoms with Crippen LogP contribution in [0.3, 0.4) is 0 Å². The zero-order valence-electron chi connectivity index (χ0n) is 12.5. The third-order valence-corrected chi connectivity index (χ3v) is 3.43. The molecule has 0 unspecified atom stereocenters. The first kappa shape index (κ1) is 17.8. The molecule has 2 aromatic carbocycles. The van der Waals surface area contributed by atoms with Crippen molar-refractivity contribution >= 4 is 5.91 Å². The molecule has 0 aliphatic rings. The zero-order chi connectivity index (χ0) is 17.7. The standard InChI is InChI=1S/C17H16F3NO3/c18-17(19,20)13-6-4-12(5-7-13)15(10-22)21-16(24)9-11-2-1-3-14(23)8-11/h1-8,15,22-23H,9-10H2,(H,21,24)/t15-/m1/s1. The minimum absolute atomic E-state index is 0.0223. The van der Waals surface area contributed by atoms with Crippen molar-refractivity contribution < 1.29 is 28.2 Å². The van der Waals surface area contributed by atoms with Gasteiger partial charge in [-0.2, -0.15) is 13.2 Å². The minimum atomic E-state index is -4.44. The fraction of sp³-hybridized carbons (Fsp3) is 0.235. The van der Waals surface area contributed by atoms with Gasteiger partial charge in [0, 0.05) is 0 Å². The molecule has 4 nitrogen and oxygen atoms in total. The van der Waals surface area contributed by atoms with E-state index in [1.54, 1.807) is 12.1 Å². The Hall–Kier alpha value is -2.54. The van der Waals surface area contributed by atoms with E-state index < -0.39 is 30.3 Å². The summed E-state index contributed by atoms with van der Waals surface area (Å²) in [5.41, 5.74) is 0.153. The van der Waals surface area contributed by atoms with Gasteiger partial charge in [0.25, 0.3) is 0 Å². The normalized spacial score (nSPS) is 12.7. The van der Waals surface area contributed by atoms with E-state index in [0.717, 1.165) is 12.1 Å². The molecule has 2 aromatic rings. The summed E-state index contributed by atoms with van der Waals surface area (Å²) in [6.07, 6.45) is -4.46. The van der Waals surface area contributed by atoms with Crippen LogP contribution in [0, 0.1) is 0 Å². The van der Waals surface area contributed by atoms with Crippen LogP contribution in [0.5, 0.6) is 5.75 Å². The Morgan fingerprint density at radius 3 is 2.33 bits per heavy atom. The van der Waals surface area contributed by atoms with Crippen LogP contribution >= 0.6 is 0 Å². The molecule has 0 fully saturated rings. The lowest BCUT2D eigenvalue weighted by atomic mass is 10.0. The molecule has 0 heterocycles. The number of phenolic OH excluding ortho intramolecular Hbond substituents is 1.